The number of aromatic nitrogens is 2. The molecule has 0 bridgehead atoms. The maximum Gasteiger partial charge on any atom is 0.150 e. The van der Waals surface area contributed by atoms with Crippen LogP contribution in [0, 0.1) is 5.82 Å². The van der Waals surface area contributed by atoms with Gasteiger partial charge in [-0.3, -0.25) is 0 Å². The van der Waals surface area contributed by atoms with Crippen molar-refractivity contribution in [2.24, 2.45) is 0 Å². The first-order valence-corrected chi connectivity index (χ1v) is 6.36. The van der Waals surface area contributed by atoms with Gasteiger partial charge in [0.25, 0.3) is 0 Å². The zero-order chi connectivity index (χ0) is 12.7. The van der Waals surface area contributed by atoms with Crippen LogP contribution in [0.4, 0.5) is 10.2 Å². The summed E-state index contributed by atoms with van der Waals surface area (Å²) in [6.07, 6.45) is 4.08. The van der Waals surface area contributed by atoms with Crippen LogP contribution >= 0.6 is 11.6 Å². The molecular formula is C13H13ClFN3. The van der Waals surface area contributed by atoms with E-state index in [0.29, 0.717) is 16.5 Å². The second-order valence-corrected chi connectivity index (χ2v) is 4.96. The first-order valence-electron chi connectivity index (χ1n) is 5.98. The molecule has 0 spiro atoms. The number of anilines is 1. The van der Waals surface area contributed by atoms with Gasteiger partial charge < -0.3 is 5.73 Å². The van der Waals surface area contributed by atoms with Gasteiger partial charge in [-0.2, -0.15) is 5.10 Å². The van der Waals surface area contributed by atoms with Gasteiger partial charge in [0.15, 0.2) is 0 Å². The van der Waals surface area contributed by atoms with Crippen LogP contribution in [0.25, 0.3) is 5.69 Å². The highest BCUT2D eigenvalue weighted by atomic mass is 35.5. The lowest BCUT2D eigenvalue weighted by molar-refractivity contribution is 0.609. The van der Waals surface area contributed by atoms with Crippen LogP contribution in [0.3, 0.4) is 0 Å². The Labute approximate surface area is 109 Å². The first-order chi connectivity index (χ1) is 8.66. The van der Waals surface area contributed by atoms with Crippen molar-refractivity contribution in [3.63, 3.8) is 0 Å². The third-order valence-corrected chi connectivity index (χ3v) is 3.57. The maximum absolute atomic E-state index is 13.9. The fraction of sp³-hybridized carbons (Fsp3) is 0.308. The van der Waals surface area contributed by atoms with Crippen LogP contribution in [0.5, 0.6) is 0 Å². The molecule has 1 aliphatic carbocycles. The molecule has 1 heterocycles. The first kappa shape index (κ1) is 11.5. The van der Waals surface area contributed by atoms with Gasteiger partial charge in [-0.05, 0) is 43.9 Å². The van der Waals surface area contributed by atoms with Crippen molar-refractivity contribution in [3.8, 4) is 5.69 Å². The molecule has 5 heteroatoms. The molecule has 0 saturated heterocycles. The van der Waals surface area contributed by atoms with Gasteiger partial charge in [0.2, 0.25) is 0 Å². The zero-order valence-corrected chi connectivity index (χ0v) is 10.5. The van der Waals surface area contributed by atoms with E-state index in [4.69, 9.17) is 17.3 Å². The molecule has 0 aliphatic heterocycles. The van der Waals surface area contributed by atoms with Gasteiger partial charge in [-0.15, -0.1) is 0 Å². The number of nitrogens with two attached hydrogens (primary N) is 1. The fourth-order valence-electron chi connectivity index (χ4n) is 2.41. The van der Waals surface area contributed by atoms with Gasteiger partial charge >= 0.3 is 0 Å². The standard InChI is InChI=1S/C13H13ClFN3/c14-8-5-6-12(10(15)7-8)18-13(16)9-3-1-2-4-11(9)17-18/h5-7H,1-4,16H2. The second kappa shape index (κ2) is 4.28. The van der Waals surface area contributed by atoms with Crippen molar-refractivity contribution < 1.29 is 4.39 Å². The SMILES string of the molecule is Nc1c2c(nn1-c1ccc(Cl)cc1F)CCCC2. The molecule has 18 heavy (non-hydrogen) atoms. The summed E-state index contributed by atoms with van der Waals surface area (Å²) < 4.78 is 15.4. The van der Waals surface area contributed by atoms with Gasteiger partial charge in [-0.25, -0.2) is 9.07 Å². The Hall–Kier alpha value is -1.55. The molecule has 0 radical (unpaired) electrons. The van der Waals surface area contributed by atoms with E-state index >= 15 is 0 Å². The number of hydrogen-bond donors (Lipinski definition) is 1. The largest absolute Gasteiger partial charge is 0.383 e. The van der Waals surface area contributed by atoms with E-state index in [2.05, 4.69) is 5.10 Å². The summed E-state index contributed by atoms with van der Waals surface area (Å²) >= 11 is 5.74. The Bertz CT molecular complexity index is 607. The van der Waals surface area contributed by atoms with Crippen LogP contribution in [0.15, 0.2) is 18.2 Å². The molecule has 1 aliphatic rings. The maximum atomic E-state index is 13.9. The summed E-state index contributed by atoms with van der Waals surface area (Å²) in [5.74, 6) is 0.139. The van der Waals surface area contributed by atoms with E-state index in [1.54, 1.807) is 12.1 Å². The van der Waals surface area contributed by atoms with Crippen molar-refractivity contribution in [1.29, 1.82) is 0 Å². The van der Waals surface area contributed by atoms with E-state index in [0.717, 1.165) is 36.9 Å². The minimum absolute atomic E-state index is 0.353. The van der Waals surface area contributed by atoms with Crippen LogP contribution < -0.4 is 5.73 Å². The predicted octanol–water partition coefficient (Wildman–Crippen LogP) is 3.13. The van der Waals surface area contributed by atoms with Crippen LogP contribution in [0.2, 0.25) is 5.02 Å². The third kappa shape index (κ3) is 1.77. The Morgan fingerprint density at radius 2 is 2.06 bits per heavy atom. The minimum Gasteiger partial charge on any atom is -0.383 e. The molecule has 1 aromatic heterocycles. The summed E-state index contributed by atoms with van der Waals surface area (Å²) in [5, 5.41) is 4.79. The molecule has 2 N–H and O–H groups in total. The van der Waals surface area contributed by atoms with E-state index < -0.39 is 5.82 Å². The molecule has 0 fully saturated rings. The molecule has 0 atom stereocenters. The van der Waals surface area contributed by atoms with Crippen molar-refractivity contribution in [1.82, 2.24) is 9.78 Å². The Morgan fingerprint density at radius 3 is 2.78 bits per heavy atom. The van der Waals surface area contributed by atoms with Gasteiger partial charge in [-0.1, -0.05) is 11.6 Å². The Balaban J connectivity index is 2.14. The molecule has 3 nitrogen and oxygen atoms in total. The summed E-state index contributed by atoms with van der Waals surface area (Å²) in [6, 6.07) is 4.52. The number of nitrogen functional groups attached to an aromatic ring is 1. The minimum atomic E-state index is -0.408. The highest BCUT2D eigenvalue weighted by Crippen LogP contribution is 2.29. The van der Waals surface area contributed by atoms with E-state index in [-0.39, 0.29) is 0 Å². The van der Waals surface area contributed by atoms with Crippen molar-refractivity contribution >= 4 is 17.4 Å². The average Bonchev–Trinajstić information content (AvgIpc) is 2.68. The molecule has 0 amide bonds. The van der Waals surface area contributed by atoms with Crippen molar-refractivity contribution in [2.75, 3.05) is 5.73 Å². The third-order valence-electron chi connectivity index (χ3n) is 3.33. The molecule has 0 saturated carbocycles. The second-order valence-electron chi connectivity index (χ2n) is 4.53. The molecule has 2 aromatic rings. The van der Waals surface area contributed by atoms with E-state index in [1.165, 1.54) is 10.7 Å². The van der Waals surface area contributed by atoms with Gasteiger partial charge in [0.05, 0.1) is 5.69 Å². The average molecular weight is 266 g/mol. The normalized spacial score (nSPS) is 14.6. The summed E-state index contributed by atoms with van der Waals surface area (Å²) in [4.78, 5) is 0. The monoisotopic (exact) mass is 265 g/mol. The van der Waals surface area contributed by atoms with Crippen LogP contribution in [0.1, 0.15) is 24.1 Å². The number of benzene rings is 1. The number of aryl methyl sites for hydroxylation is 1. The smallest absolute Gasteiger partial charge is 0.150 e. The number of rotatable bonds is 1. The highest BCUT2D eigenvalue weighted by Gasteiger charge is 2.20. The van der Waals surface area contributed by atoms with E-state index in [1.807, 2.05) is 0 Å². The van der Waals surface area contributed by atoms with Crippen molar-refractivity contribution in [2.45, 2.75) is 25.7 Å². The van der Waals surface area contributed by atoms with Crippen molar-refractivity contribution in [3.05, 3.63) is 40.3 Å². The molecule has 0 unspecified atom stereocenters. The number of halogens is 2. The Morgan fingerprint density at radius 1 is 1.28 bits per heavy atom. The molecular weight excluding hydrogens is 253 g/mol. The summed E-state index contributed by atoms with van der Waals surface area (Å²) in [6.45, 7) is 0. The number of hydrogen-bond acceptors (Lipinski definition) is 2. The zero-order valence-electron chi connectivity index (χ0n) is 9.79. The van der Waals surface area contributed by atoms with Gasteiger partial charge in [0, 0.05) is 10.6 Å². The van der Waals surface area contributed by atoms with Gasteiger partial charge in [0.1, 0.15) is 17.3 Å². The molecule has 1 aromatic carbocycles. The predicted molar refractivity (Wildman–Crippen MR) is 69.6 cm³/mol. The summed E-state index contributed by atoms with van der Waals surface area (Å²) in [5.41, 5.74) is 8.48. The number of fused-ring (bicyclic) bond motifs is 1. The number of nitrogens with zero attached hydrogens (tertiary/aromatic N) is 2. The molecule has 94 valence electrons. The lowest BCUT2D eigenvalue weighted by atomic mass is 9.98. The highest BCUT2D eigenvalue weighted by molar-refractivity contribution is 6.30. The summed E-state index contributed by atoms with van der Waals surface area (Å²) in [7, 11) is 0. The quantitative estimate of drug-likeness (QED) is 0.861. The molecule has 3 rings (SSSR count). The van der Waals surface area contributed by atoms with Crippen LogP contribution in [-0.2, 0) is 12.8 Å². The topological polar surface area (TPSA) is 43.8 Å². The van der Waals surface area contributed by atoms with E-state index in [9.17, 15) is 4.39 Å². The fourth-order valence-corrected chi connectivity index (χ4v) is 2.57. The Kier molecular flexibility index (Phi) is 2.74. The lowest BCUT2D eigenvalue weighted by Gasteiger charge is -2.08. The lowest BCUT2D eigenvalue weighted by Crippen LogP contribution is -2.05. The van der Waals surface area contributed by atoms with Crippen LogP contribution in [-0.4, -0.2) is 9.78 Å².